The Labute approximate surface area is 182 Å². The van der Waals surface area contributed by atoms with E-state index < -0.39 is 0 Å². The Morgan fingerprint density at radius 2 is 1.90 bits per heavy atom. The van der Waals surface area contributed by atoms with Crippen molar-refractivity contribution in [3.05, 3.63) is 65.5 Å². The highest BCUT2D eigenvalue weighted by Gasteiger charge is 2.36. The first kappa shape index (κ1) is 20.9. The third-order valence-electron chi connectivity index (χ3n) is 5.93. The molecule has 7 heteroatoms. The number of fused-ring (bicyclic) bond motifs is 2. The predicted octanol–water partition coefficient (Wildman–Crippen LogP) is 3.29. The standard InChI is InChI=1S/C24H28N4O3/c1-4-27(5-2)12-13-28-15-26-24-22(23(28)25)21(16-6-9-18(30-3)10-7-16)19-11-8-17(29)14-20(19)31-24/h6-11,14-15,21,25,29H,4-5,12-13H2,1-3H3/p+1/t21-/m1/s1. The first-order valence-electron chi connectivity index (χ1n) is 10.6. The van der Waals surface area contributed by atoms with Gasteiger partial charge >= 0.3 is 5.88 Å². The average molecular weight is 422 g/mol. The second-order valence-electron chi connectivity index (χ2n) is 7.60. The van der Waals surface area contributed by atoms with Crippen molar-refractivity contribution >= 4 is 5.82 Å². The zero-order valence-corrected chi connectivity index (χ0v) is 18.2. The van der Waals surface area contributed by atoms with E-state index >= 15 is 0 Å². The summed E-state index contributed by atoms with van der Waals surface area (Å²) in [5, 5.41) is 9.98. The second-order valence-corrected chi connectivity index (χ2v) is 7.60. The fourth-order valence-corrected chi connectivity index (χ4v) is 4.09. The van der Waals surface area contributed by atoms with E-state index in [9.17, 15) is 5.11 Å². The van der Waals surface area contributed by atoms with E-state index in [2.05, 4.69) is 23.7 Å². The molecule has 3 N–H and O–H groups in total. The van der Waals surface area contributed by atoms with E-state index in [4.69, 9.17) is 15.2 Å². The summed E-state index contributed by atoms with van der Waals surface area (Å²) in [6, 6.07) is 13.1. The largest absolute Gasteiger partial charge is 0.508 e. The van der Waals surface area contributed by atoms with Gasteiger partial charge in [0, 0.05) is 18.2 Å². The summed E-state index contributed by atoms with van der Waals surface area (Å²) in [6.07, 6.45) is 1.73. The van der Waals surface area contributed by atoms with Crippen LogP contribution in [0.1, 0.15) is 36.5 Å². The minimum Gasteiger partial charge on any atom is -0.508 e. The third kappa shape index (κ3) is 4.01. The zero-order valence-electron chi connectivity index (χ0n) is 18.2. The zero-order chi connectivity index (χ0) is 22.0. The Kier molecular flexibility index (Phi) is 5.95. The summed E-state index contributed by atoms with van der Waals surface area (Å²) < 4.78 is 13.4. The highest BCUT2D eigenvalue weighted by molar-refractivity contribution is 5.62. The SMILES string of the molecule is CCN(CC)CC[n+]1cnc2c(c1N)[C@H](c1ccc(OC)cc1)c1ccc(O)cc1O2. The van der Waals surface area contributed by atoms with Gasteiger partial charge in [0.25, 0.3) is 0 Å². The summed E-state index contributed by atoms with van der Waals surface area (Å²) >= 11 is 0. The van der Waals surface area contributed by atoms with Crippen molar-refractivity contribution in [2.75, 3.05) is 32.5 Å². The van der Waals surface area contributed by atoms with Gasteiger partial charge in [-0.3, -0.25) is 0 Å². The quantitative estimate of drug-likeness (QED) is 0.446. The van der Waals surface area contributed by atoms with Gasteiger partial charge in [-0.25, -0.2) is 4.57 Å². The number of nitrogens with two attached hydrogens (primary N) is 1. The molecule has 1 atom stereocenters. The highest BCUT2D eigenvalue weighted by atomic mass is 16.5. The number of nitrogens with zero attached hydrogens (tertiary/aromatic N) is 3. The minimum atomic E-state index is -0.168. The number of aromatic hydroxyl groups is 1. The first-order chi connectivity index (χ1) is 15.0. The fourth-order valence-electron chi connectivity index (χ4n) is 4.09. The van der Waals surface area contributed by atoms with Crippen LogP contribution in [-0.4, -0.2) is 41.7 Å². The van der Waals surface area contributed by atoms with Crippen LogP contribution in [0.2, 0.25) is 0 Å². The molecule has 1 aliphatic rings. The van der Waals surface area contributed by atoms with E-state index in [0.29, 0.717) is 17.4 Å². The van der Waals surface area contributed by atoms with Gasteiger partial charge in [-0.15, -0.1) is 0 Å². The summed E-state index contributed by atoms with van der Waals surface area (Å²) in [5.74, 6) is 2.45. The molecular formula is C24H29N4O3+. The summed E-state index contributed by atoms with van der Waals surface area (Å²) in [7, 11) is 1.65. The highest BCUT2D eigenvalue weighted by Crippen LogP contribution is 2.48. The maximum absolute atomic E-state index is 9.98. The van der Waals surface area contributed by atoms with Crippen LogP contribution in [0.3, 0.4) is 0 Å². The van der Waals surface area contributed by atoms with Crippen LogP contribution in [-0.2, 0) is 6.54 Å². The molecule has 4 rings (SSSR count). The number of anilines is 1. The summed E-state index contributed by atoms with van der Waals surface area (Å²) in [5.41, 5.74) is 9.52. The average Bonchev–Trinajstić information content (AvgIpc) is 2.79. The minimum absolute atomic E-state index is 0.147. The third-order valence-corrected chi connectivity index (χ3v) is 5.93. The molecule has 0 fully saturated rings. The number of methoxy groups -OCH3 is 1. The molecule has 1 aromatic heterocycles. The molecule has 3 aromatic rings. The van der Waals surface area contributed by atoms with Crippen molar-refractivity contribution in [1.29, 1.82) is 0 Å². The van der Waals surface area contributed by atoms with Crippen molar-refractivity contribution in [3.63, 3.8) is 0 Å². The maximum Gasteiger partial charge on any atom is 0.306 e. The molecule has 7 nitrogen and oxygen atoms in total. The van der Waals surface area contributed by atoms with E-state index in [1.807, 2.05) is 34.9 Å². The van der Waals surface area contributed by atoms with Crippen LogP contribution in [0.5, 0.6) is 23.1 Å². The molecule has 1 aliphatic heterocycles. The van der Waals surface area contributed by atoms with Crippen LogP contribution in [0.15, 0.2) is 48.8 Å². The normalized spacial score (nSPS) is 14.6. The van der Waals surface area contributed by atoms with Gasteiger partial charge in [0.05, 0.1) is 19.6 Å². The number of phenolic OH excluding ortho intramolecular Hbond substituents is 1. The lowest BCUT2D eigenvalue weighted by atomic mass is 9.83. The van der Waals surface area contributed by atoms with Gasteiger partial charge in [-0.1, -0.05) is 37.0 Å². The molecule has 0 unspecified atom stereocenters. The topological polar surface area (TPSA) is 84.7 Å². The lowest BCUT2D eigenvalue weighted by molar-refractivity contribution is -0.685. The number of benzene rings is 2. The monoisotopic (exact) mass is 421 g/mol. The van der Waals surface area contributed by atoms with Crippen molar-refractivity contribution in [2.45, 2.75) is 26.3 Å². The molecule has 0 radical (unpaired) electrons. The van der Waals surface area contributed by atoms with Crippen molar-refractivity contribution < 1.29 is 19.1 Å². The smallest absolute Gasteiger partial charge is 0.306 e. The number of likely N-dealkylation sites (N-methyl/N-ethyl adjacent to an activating group) is 1. The van der Waals surface area contributed by atoms with E-state index in [0.717, 1.165) is 48.6 Å². The Morgan fingerprint density at radius 1 is 1.16 bits per heavy atom. The second kappa shape index (κ2) is 8.81. The molecular weight excluding hydrogens is 392 g/mol. The number of aromatic nitrogens is 2. The van der Waals surface area contributed by atoms with Crippen LogP contribution in [0.4, 0.5) is 5.82 Å². The number of hydrogen-bond acceptors (Lipinski definition) is 6. The van der Waals surface area contributed by atoms with Crippen LogP contribution in [0, 0.1) is 0 Å². The number of hydrogen-bond donors (Lipinski definition) is 2. The number of rotatable bonds is 7. The molecule has 2 heterocycles. The summed E-state index contributed by atoms with van der Waals surface area (Å²) in [6.45, 7) is 7.92. The fraction of sp³-hybridized carbons (Fsp3) is 0.333. The Bertz CT molecular complexity index is 1070. The Balaban J connectivity index is 1.81. The first-order valence-corrected chi connectivity index (χ1v) is 10.6. The predicted molar refractivity (Wildman–Crippen MR) is 119 cm³/mol. The van der Waals surface area contributed by atoms with Crippen molar-refractivity contribution in [3.8, 4) is 23.1 Å². The number of nitrogen functional groups attached to an aromatic ring is 1. The van der Waals surface area contributed by atoms with Crippen molar-refractivity contribution in [1.82, 2.24) is 9.88 Å². The molecule has 0 aliphatic carbocycles. The lowest BCUT2D eigenvalue weighted by Crippen LogP contribution is -2.44. The van der Waals surface area contributed by atoms with E-state index in [1.54, 1.807) is 25.6 Å². The molecule has 0 saturated carbocycles. The van der Waals surface area contributed by atoms with Crippen LogP contribution < -0.4 is 19.8 Å². The van der Waals surface area contributed by atoms with Crippen LogP contribution >= 0.6 is 0 Å². The number of phenols is 1. The molecule has 0 saturated heterocycles. The molecule has 162 valence electrons. The molecule has 0 amide bonds. The van der Waals surface area contributed by atoms with Crippen molar-refractivity contribution in [2.24, 2.45) is 0 Å². The molecule has 31 heavy (non-hydrogen) atoms. The van der Waals surface area contributed by atoms with Gasteiger partial charge in [0.2, 0.25) is 12.1 Å². The van der Waals surface area contributed by atoms with Gasteiger partial charge in [0.15, 0.2) is 0 Å². The Morgan fingerprint density at radius 3 is 2.58 bits per heavy atom. The van der Waals surface area contributed by atoms with Gasteiger partial charge in [-0.2, -0.15) is 0 Å². The number of ether oxygens (including phenoxy) is 2. The molecule has 0 bridgehead atoms. The van der Waals surface area contributed by atoms with Gasteiger partial charge < -0.3 is 25.2 Å². The van der Waals surface area contributed by atoms with Gasteiger partial charge in [-0.05, 0) is 36.9 Å². The summed E-state index contributed by atoms with van der Waals surface area (Å²) in [4.78, 5) is 6.93. The lowest BCUT2D eigenvalue weighted by Gasteiger charge is -2.27. The Hall–Kier alpha value is -3.32. The van der Waals surface area contributed by atoms with Crippen LogP contribution in [0.25, 0.3) is 0 Å². The molecule has 0 spiro atoms. The van der Waals surface area contributed by atoms with Gasteiger partial charge in [0.1, 0.15) is 22.8 Å². The van der Waals surface area contributed by atoms with E-state index in [-0.39, 0.29) is 11.7 Å². The molecule has 2 aromatic carbocycles. The van der Waals surface area contributed by atoms with E-state index in [1.165, 1.54) is 0 Å². The maximum atomic E-state index is 9.98.